The second kappa shape index (κ2) is 140. The van der Waals surface area contributed by atoms with Gasteiger partial charge in [-0.05, 0) is 0 Å². The third-order valence-corrected chi connectivity index (χ3v) is 0. The minimum atomic E-state index is 0. The van der Waals surface area contributed by atoms with Crippen LogP contribution >= 0.6 is 0 Å². The maximum Gasteiger partial charge on any atom is 0 e. The van der Waals surface area contributed by atoms with Crippen LogP contribution in [0.5, 0.6) is 0 Å². The van der Waals surface area contributed by atoms with Gasteiger partial charge in [-0.15, -0.1) is 0 Å². The first-order valence-electron chi connectivity index (χ1n) is 0. The largest absolute Gasteiger partial charge is 0.412 e. The Morgan fingerprint density at radius 3 is 0.500 bits per heavy atom. The first kappa shape index (κ1) is 235. The van der Waals surface area contributed by atoms with Crippen LogP contribution in [0.3, 0.4) is 0 Å². The summed E-state index contributed by atoms with van der Waals surface area (Å²) in [7, 11) is 0. The summed E-state index contributed by atoms with van der Waals surface area (Å²) in [5.41, 5.74) is 0. The van der Waals surface area contributed by atoms with Crippen molar-refractivity contribution < 1.29 is 60.0 Å². The molecule has 0 rings (SSSR count). The summed E-state index contributed by atoms with van der Waals surface area (Å²) in [5, 5.41) is 0. The van der Waals surface area contributed by atoms with Crippen LogP contribution in [0.25, 0.3) is 0 Å². The Labute approximate surface area is 60.3 Å². The molecule has 0 aromatic carbocycles. The molecule has 8 N–H and O–H groups in total. The molecule has 0 saturated carbocycles. The van der Waals surface area contributed by atoms with Crippen molar-refractivity contribution in [2.75, 3.05) is 0 Å². The molecule has 1 radical (unpaired) electrons. The summed E-state index contributed by atoms with van der Waals surface area (Å²) in [6.07, 6.45) is 0. The van der Waals surface area contributed by atoms with E-state index in [0.29, 0.717) is 0 Å². The monoisotopic (exact) mass is 311 g/mol. The Balaban J connectivity index is 0. The van der Waals surface area contributed by atoms with Crippen LogP contribution in [-0.2, 0) is 38.1 Å². The van der Waals surface area contributed by atoms with E-state index in [1.807, 2.05) is 0 Å². The molecule has 0 aliphatic heterocycles. The van der Waals surface area contributed by atoms with Crippen molar-refractivity contribution in [2.45, 2.75) is 0 Å². The molecule has 0 amide bonds. The van der Waals surface area contributed by atoms with Crippen molar-refractivity contribution in [1.82, 2.24) is 0 Å². The molecule has 4 nitrogen and oxygen atoms in total. The maximum absolute atomic E-state index is 0. The first-order valence-corrected chi connectivity index (χ1v) is 0. The van der Waals surface area contributed by atoms with Crippen molar-refractivity contribution in [3.05, 3.63) is 0 Å². The molecule has 0 aromatic heterocycles. The average Bonchev–Trinajstić information content (AvgIpc) is 0. The molecule has 0 heterocycles. The third kappa shape index (κ3) is 75.3. The minimum Gasteiger partial charge on any atom is -0.412 e. The van der Waals surface area contributed by atoms with Crippen LogP contribution in [0.15, 0.2) is 0 Å². The van der Waals surface area contributed by atoms with E-state index in [2.05, 4.69) is 0 Å². The summed E-state index contributed by atoms with van der Waals surface area (Å²) >= 11 is 0. The van der Waals surface area contributed by atoms with Gasteiger partial charge in [0, 0.05) is 38.1 Å². The smallest absolute Gasteiger partial charge is 0 e. The van der Waals surface area contributed by atoms with Gasteiger partial charge in [0.15, 0.2) is 0 Å². The number of rotatable bonds is 0. The summed E-state index contributed by atoms with van der Waals surface area (Å²) in [6, 6.07) is 0. The number of hydrogen-bond acceptors (Lipinski definition) is 0. The predicted octanol–water partition coefficient (Wildman–Crippen LogP) is -3.30. The second-order valence-electron chi connectivity index (χ2n) is 0. The zero-order valence-corrected chi connectivity index (χ0v) is 6.90. The fourth-order valence-corrected chi connectivity index (χ4v) is 0. The van der Waals surface area contributed by atoms with Gasteiger partial charge in [-0.1, -0.05) is 0 Å². The van der Waals surface area contributed by atoms with Crippen LogP contribution in [-0.4, -0.2) is 21.9 Å². The van der Waals surface area contributed by atoms with Gasteiger partial charge in [-0.2, -0.15) is 0 Å². The van der Waals surface area contributed by atoms with Crippen LogP contribution in [0.4, 0.5) is 0 Å². The van der Waals surface area contributed by atoms with Crippen molar-refractivity contribution in [2.24, 2.45) is 0 Å². The van der Waals surface area contributed by atoms with Crippen LogP contribution < -0.4 is 0 Å². The minimum absolute atomic E-state index is 0. The van der Waals surface area contributed by atoms with E-state index >= 15 is 0 Å². The summed E-state index contributed by atoms with van der Waals surface area (Å²) in [6.45, 7) is 0. The molecule has 0 fully saturated rings. The molecule has 0 aliphatic carbocycles. The standard InChI is InChI=1S/Mn.4H2O.W/h;4*1H2;. The molecular formula is H8MnO4W. The first-order chi connectivity index (χ1) is 0. The number of hydrogen-bond donors (Lipinski definition) is 0. The van der Waals surface area contributed by atoms with Crippen molar-refractivity contribution in [1.29, 1.82) is 0 Å². The van der Waals surface area contributed by atoms with Gasteiger partial charge >= 0.3 is 0 Å². The van der Waals surface area contributed by atoms with Gasteiger partial charge in [0.1, 0.15) is 0 Å². The summed E-state index contributed by atoms with van der Waals surface area (Å²) < 4.78 is 0. The quantitative estimate of drug-likeness (QED) is 0.416. The SMILES string of the molecule is O.O.O.O.[Mn].[W]. The van der Waals surface area contributed by atoms with Gasteiger partial charge in [0.05, 0.1) is 0 Å². The van der Waals surface area contributed by atoms with E-state index in [4.69, 9.17) is 0 Å². The zero-order chi connectivity index (χ0) is 0. The van der Waals surface area contributed by atoms with Gasteiger partial charge in [-0.25, -0.2) is 0 Å². The van der Waals surface area contributed by atoms with Gasteiger partial charge < -0.3 is 21.9 Å². The molecule has 6 heteroatoms. The molecule has 0 bridgehead atoms. The fourth-order valence-electron chi connectivity index (χ4n) is 0. The van der Waals surface area contributed by atoms with E-state index in [-0.39, 0.29) is 60.0 Å². The normalized spacial score (nSPS) is 0. The molecular weight excluding hydrogens is 303 g/mol. The fraction of sp³-hybridized carbons (Fsp3) is 0. The van der Waals surface area contributed by atoms with Crippen molar-refractivity contribution >= 4 is 0 Å². The Kier molecular flexibility index (Phi) is 5490. The molecule has 45 valence electrons. The van der Waals surface area contributed by atoms with E-state index in [9.17, 15) is 0 Å². The molecule has 0 spiro atoms. The zero-order valence-electron chi connectivity index (χ0n) is 2.79. The van der Waals surface area contributed by atoms with E-state index in [0.717, 1.165) is 0 Å². The van der Waals surface area contributed by atoms with Crippen molar-refractivity contribution in [3.8, 4) is 0 Å². The van der Waals surface area contributed by atoms with E-state index in [1.54, 1.807) is 0 Å². The Morgan fingerprint density at radius 2 is 0.500 bits per heavy atom. The predicted molar refractivity (Wildman–Crippen MR) is 14.5 cm³/mol. The van der Waals surface area contributed by atoms with Crippen LogP contribution in [0.2, 0.25) is 0 Å². The summed E-state index contributed by atoms with van der Waals surface area (Å²) in [5.74, 6) is 0. The Hall–Kier alpha value is 1.05. The summed E-state index contributed by atoms with van der Waals surface area (Å²) in [4.78, 5) is 0. The maximum atomic E-state index is 0. The molecule has 0 aromatic rings. The van der Waals surface area contributed by atoms with Gasteiger partial charge in [-0.3, -0.25) is 0 Å². The molecule has 0 unspecified atom stereocenters. The van der Waals surface area contributed by atoms with E-state index in [1.165, 1.54) is 0 Å². The van der Waals surface area contributed by atoms with Gasteiger partial charge in [0.25, 0.3) is 0 Å². The Bertz CT molecular complexity index is 7.51. The molecule has 0 atom stereocenters. The van der Waals surface area contributed by atoms with Crippen LogP contribution in [0, 0.1) is 0 Å². The Morgan fingerprint density at radius 1 is 0.500 bits per heavy atom. The van der Waals surface area contributed by atoms with E-state index < -0.39 is 0 Å². The topological polar surface area (TPSA) is 126 Å². The van der Waals surface area contributed by atoms with Crippen LogP contribution in [0.1, 0.15) is 0 Å². The third-order valence-electron chi connectivity index (χ3n) is 0. The van der Waals surface area contributed by atoms with Crippen molar-refractivity contribution in [3.63, 3.8) is 0 Å². The molecule has 0 saturated heterocycles. The van der Waals surface area contributed by atoms with Gasteiger partial charge in [0.2, 0.25) is 0 Å². The molecule has 6 heavy (non-hydrogen) atoms. The average molecular weight is 311 g/mol. The second-order valence-corrected chi connectivity index (χ2v) is 0. The molecule has 0 aliphatic rings.